The summed E-state index contributed by atoms with van der Waals surface area (Å²) in [7, 11) is 0. The Kier molecular flexibility index (Phi) is 6.24. The van der Waals surface area contributed by atoms with Crippen LogP contribution in [0.2, 0.25) is 0 Å². The third-order valence-corrected chi connectivity index (χ3v) is 6.02. The Morgan fingerprint density at radius 1 is 1.45 bits per heavy atom. The normalized spacial score (nSPS) is 24.7. The van der Waals surface area contributed by atoms with Gasteiger partial charge in [0.1, 0.15) is 0 Å². The van der Waals surface area contributed by atoms with E-state index in [0.717, 1.165) is 50.7 Å². The van der Waals surface area contributed by atoms with E-state index in [0.29, 0.717) is 5.82 Å². The lowest BCUT2D eigenvalue weighted by Crippen LogP contribution is -2.52. The molecule has 2 fully saturated rings. The van der Waals surface area contributed by atoms with Crippen LogP contribution >= 0.6 is 11.3 Å². The number of hydrogen-bond donors (Lipinski definition) is 1. The molecule has 2 aromatic heterocycles. The van der Waals surface area contributed by atoms with Crippen molar-refractivity contribution in [2.45, 2.75) is 50.9 Å². The van der Waals surface area contributed by atoms with Gasteiger partial charge in [0.25, 0.3) is 0 Å². The van der Waals surface area contributed by atoms with Crippen LogP contribution in [-0.4, -0.2) is 63.1 Å². The molecular formula is C17H21F3N4O4S. The van der Waals surface area contributed by atoms with Gasteiger partial charge in [-0.2, -0.15) is 18.2 Å². The van der Waals surface area contributed by atoms with Crippen molar-refractivity contribution in [2.75, 3.05) is 19.7 Å². The number of nitrogens with zero attached hydrogens (tertiary/aromatic N) is 4. The van der Waals surface area contributed by atoms with E-state index in [1.54, 1.807) is 11.3 Å². The van der Waals surface area contributed by atoms with Crippen molar-refractivity contribution in [2.24, 2.45) is 0 Å². The average Bonchev–Trinajstić information content (AvgIpc) is 3.35. The van der Waals surface area contributed by atoms with Gasteiger partial charge in [-0.15, -0.1) is 11.3 Å². The van der Waals surface area contributed by atoms with Crippen LogP contribution in [0.3, 0.4) is 0 Å². The molecule has 0 saturated carbocycles. The topological polar surface area (TPSA) is 102 Å². The van der Waals surface area contributed by atoms with Crippen molar-refractivity contribution in [3.8, 4) is 0 Å². The zero-order chi connectivity index (χ0) is 21.2. The van der Waals surface area contributed by atoms with E-state index in [-0.39, 0.29) is 11.5 Å². The highest BCUT2D eigenvalue weighted by Gasteiger charge is 2.52. The first-order valence-electron chi connectivity index (χ1n) is 8.95. The number of aliphatic carboxylic acids is 1. The lowest BCUT2D eigenvalue weighted by atomic mass is 9.76. The molecule has 4 heterocycles. The van der Waals surface area contributed by atoms with Crippen LogP contribution in [-0.2, 0) is 21.5 Å². The quantitative estimate of drug-likeness (QED) is 0.787. The number of ether oxygens (including phenoxy) is 1. The molecule has 1 N–H and O–H groups in total. The van der Waals surface area contributed by atoms with E-state index in [1.165, 1.54) is 4.88 Å². The van der Waals surface area contributed by atoms with E-state index in [9.17, 15) is 13.2 Å². The third kappa shape index (κ3) is 4.75. The molecule has 12 heteroatoms. The number of alkyl halides is 3. The van der Waals surface area contributed by atoms with E-state index >= 15 is 0 Å². The fourth-order valence-electron chi connectivity index (χ4n) is 3.65. The molecule has 0 bridgehead atoms. The van der Waals surface area contributed by atoms with Crippen LogP contribution in [0, 0.1) is 13.8 Å². The fraction of sp³-hybridized carbons (Fsp3) is 0.647. The van der Waals surface area contributed by atoms with E-state index in [4.69, 9.17) is 19.2 Å². The number of aromatic nitrogens is 3. The van der Waals surface area contributed by atoms with Gasteiger partial charge in [0.05, 0.1) is 22.7 Å². The van der Waals surface area contributed by atoms with Gasteiger partial charge in [-0.3, -0.25) is 4.90 Å². The summed E-state index contributed by atoms with van der Waals surface area (Å²) in [6.45, 7) is 7.62. The van der Waals surface area contributed by atoms with Crippen molar-refractivity contribution in [1.82, 2.24) is 20.0 Å². The number of aryl methyl sites for hydroxylation is 2. The molecule has 2 aliphatic heterocycles. The van der Waals surface area contributed by atoms with Gasteiger partial charge in [-0.25, -0.2) is 9.78 Å². The van der Waals surface area contributed by atoms with Crippen molar-refractivity contribution in [3.63, 3.8) is 0 Å². The molecular weight excluding hydrogens is 413 g/mol. The monoisotopic (exact) mass is 434 g/mol. The van der Waals surface area contributed by atoms with Crippen LogP contribution < -0.4 is 0 Å². The molecule has 2 saturated heterocycles. The Morgan fingerprint density at radius 3 is 2.72 bits per heavy atom. The summed E-state index contributed by atoms with van der Waals surface area (Å²) in [5.41, 5.74) is 2.92. The van der Waals surface area contributed by atoms with Crippen LogP contribution in [0.5, 0.6) is 0 Å². The number of fused-ring (bicyclic) bond motifs is 1. The highest BCUT2D eigenvalue weighted by molar-refractivity contribution is 7.09. The zero-order valence-corrected chi connectivity index (χ0v) is 16.7. The van der Waals surface area contributed by atoms with Crippen molar-refractivity contribution >= 4 is 17.3 Å². The van der Waals surface area contributed by atoms with Gasteiger partial charge in [0, 0.05) is 31.1 Å². The summed E-state index contributed by atoms with van der Waals surface area (Å²) in [5, 5.41) is 11.1. The summed E-state index contributed by atoms with van der Waals surface area (Å²) in [6, 6.07) is 0. The van der Waals surface area contributed by atoms with E-state index in [1.807, 2.05) is 12.4 Å². The Bertz CT molecular complexity index is 856. The summed E-state index contributed by atoms with van der Waals surface area (Å²) < 4.78 is 43.2. The van der Waals surface area contributed by atoms with Gasteiger partial charge >= 0.3 is 12.1 Å². The smallest absolute Gasteiger partial charge is 0.475 e. The van der Waals surface area contributed by atoms with Gasteiger partial charge in [0.2, 0.25) is 5.89 Å². The highest BCUT2D eigenvalue weighted by atomic mass is 32.1. The average molecular weight is 434 g/mol. The summed E-state index contributed by atoms with van der Waals surface area (Å²) in [4.78, 5) is 21.6. The predicted molar refractivity (Wildman–Crippen MR) is 95.5 cm³/mol. The second kappa shape index (κ2) is 8.36. The second-order valence-electron chi connectivity index (χ2n) is 7.08. The number of halogens is 3. The van der Waals surface area contributed by atoms with Crippen molar-refractivity contribution in [1.29, 1.82) is 0 Å². The number of rotatable bonds is 3. The van der Waals surface area contributed by atoms with E-state index in [2.05, 4.69) is 26.9 Å². The van der Waals surface area contributed by atoms with Crippen molar-refractivity contribution in [3.05, 3.63) is 27.8 Å². The number of hydrogen-bond acceptors (Lipinski definition) is 8. The minimum atomic E-state index is -5.08. The zero-order valence-electron chi connectivity index (χ0n) is 15.9. The van der Waals surface area contributed by atoms with Gasteiger partial charge < -0.3 is 14.4 Å². The molecule has 4 rings (SSSR count). The van der Waals surface area contributed by atoms with Gasteiger partial charge in [-0.05, 0) is 26.7 Å². The van der Waals surface area contributed by atoms with Crippen LogP contribution in [0.1, 0.15) is 35.1 Å². The Morgan fingerprint density at radius 2 is 2.17 bits per heavy atom. The molecule has 0 amide bonds. The standard InChI is InChI=1S/C15H20N4O2S.C2HF3O2/c1-10-12(22-9-16-10)7-19-5-3-13-15(8-19,4-6-20-13)14-17-11(2)18-21-14;3-2(4,5)1(6)7/h9,13H,3-8H2,1-2H3;(H,6,7)/t13-,15-;/m1./s1. The molecule has 29 heavy (non-hydrogen) atoms. The Hall–Kier alpha value is -2.05. The molecule has 2 aromatic rings. The first kappa shape index (κ1) is 21.7. The first-order chi connectivity index (χ1) is 13.6. The number of thiazole rings is 1. The Labute approximate surface area is 168 Å². The third-order valence-electron chi connectivity index (χ3n) is 5.10. The van der Waals surface area contributed by atoms with Crippen LogP contribution in [0.15, 0.2) is 10.0 Å². The first-order valence-corrected chi connectivity index (χ1v) is 9.83. The number of carboxylic acid groups (broad SMARTS) is 1. The lowest BCUT2D eigenvalue weighted by Gasteiger charge is -2.41. The fourth-order valence-corrected chi connectivity index (χ4v) is 4.47. The van der Waals surface area contributed by atoms with Gasteiger partial charge in [-0.1, -0.05) is 5.16 Å². The van der Waals surface area contributed by atoms with Gasteiger partial charge in [0.15, 0.2) is 5.82 Å². The number of piperidine rings is 1. The summed E-state index contributed by atoms with van der Waals surface area (Å²) in [5.74, 6) is -1.31. The molecule has 0 aliphatic carbocycles. The second-order valence-corrected chi connectivity index (χ2v) is 8.01. The molecule has 160 valence electrons. The molecule has 0 unspecified atom stereocenters. The minimum absolute atomic E-state index is 0.141. The SMILES string of the molecule is Cc1noc([C@@]23CCO[C@@H]2CCN(Cc2scnc2C)C3)n1.O=C(O)C(F)(F)F. The largest absolute Gasteiger partial charge is 0.490 e. The molecule has 0 radical (unpaired) electrons. The lowest BCUT2D eigenvalue weighted by molar-refractivity contribution is -0.192. The molecule has 8 nitrogen and oxygen atoms in total. The molecule has 0 aromatic carbocycles. The summed E-state index contributed by atoms with van der Waals surface area (Å²) in [6.07, 6.45) is -2.91. The van der Waals surface area contributed by atoms with Crippen molar-refractivity contribution < 1.29 is 32.3 Å². The maximum absolute atomic E-state index is 10.6. The van der Waals surface area contributed by atoms with Crippen LogP contribution in [0.25, 0.3) is 0 Å². The molecule has 0 spiro atoms. The number of carboxylic acids is 1. The maximum Gasteiger partial charge on any atom is 0.490 e. The Balaban J connectivity index is 0.000000298. The number of carbonyl (C=O) groups is 1. The maximum atomic E-state index is 10.6. The van der Waals surface area contributed by atoms with Crippen LogP contribution in [0.4, 0.5) is 13.2 Å². The molecule has 2 atom stereocenters. The predicted octanol–water partition coefficient (Wildman–Crippen LogP) is 2.71. The number of likely N-dealkylation sites (tertiary alicyclic amines) is 1. The minimum Gasteiger partial charge on any atom is -0.475 e. The molecule has 2 aliphatic rings. The van der Waals surface area contributed by atoms with E-state index < -0.39 is 12.1 Å². The highest BCUT2D eigenvalue weighted by Crippen LogP contribution is 2.43. The summed E-state index contributed by atoms with van der Waals surface area (Å²) >= 11 is 1.73.